The fourth-order valence-electron chi connectivity index (χ4n) is 3.96. The number of aromatic nitrogens is 2. The molecule has 0 spiro atoms. The molecule has 2 aliphatic carbocycles. The van der Waals surface area contributed by atoms with Crippen molar-refractivity contribution in [2.45, 2.75) is 82.2 Å². The minimum Gasteiger partial charge on any atom is -0.349 e. The second-order valence-corrected chi connectivity index (χ2v) is 7.43. The van der Waals surface area contributed by atoms with E-state index in [4.69, 9.17) is 5.73 Å². The maximum Gasteiger partial charge on any atom is 0.271 e. The average Bonchev–Trinajstić information content (AvgIpc) is 2.97. The Labute approximate surface area is 151 Å². The number of nitrogens with zero attached hydrogens (tertiary/aromatic N) is 2. The molecule has 136 valence electrons. The smallest absolute Gasteiger partial charge is 0.271 e. The van der Waals surface area contributed by atoms with Crippen LogP contribution in [0.2, 0.25) is 0 Å². The molecule has 24 heavy (non-hydrogen) atoms. The summed E-state index contributed by atoms with van der Waals surface area (Å²) in [5.74, 6) is -0.0892. The molecule has 3 rings (SSSR count). The Balaban J connectivity index is 0.00000208. The highest BCUT2D eigenvalue weighted by molar-refractivity contribution is 5.92. The van der Waals surface area contributed by atoms with Crippen LogP contribution in [0.1, 0.15) is 87.2 Å². The van der Waals surface area contributed by atoms with Crippen molar-refractivity contribution in [1.82, 2.24) is 15.1 Å². The third-order valence-corrected chi connectivity index (χ3v) is 5.49. The molecule has 0 atom stereocenters. The van der Waals surface area contributed by atoms with E-state index in [9.17, 15) is 4.79 Å². The van der Waals surface area contributed by atoms with Crippen LogP contribution in [0.5, 0.6) is 0 Å². The standard InChI is InChI=1S/C18H30N4O.ClH/c19-18(11-6-1-2-7-12-18)14-20-17(23)16-10-13-22(21-16)15-8-4-3-5-9-15;/h10,13,15H,1-9,11-12,14,19H2,(H,20,23);1H. The number of halogens is 1. The molecule has 1 heterocycles. The lowest BCUT2D eigenvalue weighted by molar-refractivity contribution is 0.0934. The zero-order chi connectivity index (χ0) is 16.1. The van der Waals surface area contributed by atoms with E-state index in [0.29, 0.717) is 18.3 Å². The van der Waals surface area contributed by atoms with Crippen LogP contribution in [-0.4, -0.2) is 27.8 Å². The van der Waals surface area contributed by atoms with Crippen molar-refractivity contribution in [3.63, 3.8) is 0 Å². The molecule has 1 aromatic rings. The van der Waals surface area contributed by atoms with Gasteiger partial charge in [-0.1, -0.05) is 44.9 Å². The predicted molar refractivity (Wildman–Crippen MR) is 98.6 cm³/mol. The highest BCUT2D eigenvalue weighted by atomic mass is 35.5. The molecule has 5 nitrogen and oxygen atoms in total. The van der Waals surface area contributed by atoms with Crippen molar-refractivity contribution >= 4 is 18.3 Å². The van der Waals surface area contributed by atoms with Crippen LogP contribution in [-0.2, 0) is 0 Å². The number of amides is 1. The van der Waals surface area contributed by atoms with E-state index in [1.165, 1.54) is 57.8 Å². The fourth-order valence-corrected chi connectivity index (χ4v) is 3.96. The van der Waals surface area contributed by atoms with Crippen LogP contribution in [0.25, 0.3) is 0 Å². The summed E-state index contributed by atoms with van der Waals surface area (Å²) in [5, 5.41) is 7.52. The van der Waals surface area contributed by atoms with Crippen molar-refractivity contribution in [2.24, 2.45) is 5.73 Å². The maximum atomic E-state index is 12.4. The average molecular weight is 355 g/mol. The molecule has 0 aliphatic heterocycles. The summed E-state index contributed by atoms with van der Waals surface area (Å²) in [6.07, 6.45) is 15.0. The van der Waals surface area contributed by atoms with Crippen molar-refractivity contribution in [2.75, 3.05) is 6.54 Å². The summed E-state index contributed by atoms with van der Waals surface area (Å²) in [5.41, 5.74) is 6.75. The Kier molecular flexibility index (Phi) is 7.11. The van der Waals surface area contributed by atoms with Gasteiger partial charge in [-0.05, 0) is 31.7 Å². The summed E-state index contributed by atoms with van der Waals surface area (Å²) in [6, 6.07) is 2.30. The topological polar surface area (TPSA) is 72.9 Å². The summed E-state index contributed by atoms with van der Waals surface area (Å²) >= 11 is 0. The first-order valence-corrected chi connectivity index (χ1v) is 9.29. The van der Waals surface area contributed by atoms with Crippen molar-refractivity contribution in [3.8, 4) is 0 Å². The van der Waals surface area contributed by atoms with Crippen LogP contribution < -0.4 is 11.1 Å². The van der Waals surface area contributed by atoms with Crippen molar-refractivity contribution < 1.29 is 4.79 Å². The normalized spacial score (nSPS) is 21.5. The predicted octanol–water partition coefficient (Wildman–Crippen LogP) is 3.59. The third kappa shape index (κ3) is 4.96. The molecule has 3 N–H and O–H groups in total. The number of carbonyl (C=O) groups excluding carboxylic acids is 1. The first kappa shape index (κ1) is 19.3. The molecule has 2 aliphatic rings. The SMILES string of the molecule is Cl.NC1(CNC(=O)c2ccn(C3CCCCC3)n2)CCCCCC1. The number of hydrogen-bond donors (Lipinski definition) is 2. The van der Waals surface area contributed by atoms with Gasteiger partial charge in [0.25, 0.3) is 5.91 Å². The van der Waals surface area contributed by atoms with Gasteiger partial charge >= 0.3 is 0 Å². The Morgan fingerprint density at radius 3 is 2.46 bits per heavy atom. The maximum absolute atomic E-state index is 12.4. The summed E-state index contributed by atoms with van der Waals surface area (Å²) in [4.78, 5) is 12.4. The molecular formula is C18H31ClN4O. The van der Waals surface area contributed by atoms with Gasteiger partial charge in [0.2, 0.25) is 0 Å². The Bertz CT molecular complexity index is 517. The molecule has 0 unspecified atom stereocenters. The van der Waals surface area contributed by atoms with Crippen molar-refractivity contribution in [1.29, 1.82) is 0 Å². The molecule has 2 saturated carbocycles. The number of nitrogens with two attached hydrogens (primary N) is 1. The molecular weight excluding hydrogens is 324 g/mol. The molecule has 0 radical (unpaired) electrons. The van der Waals surface area contributed by atoms with Gasteiger partial charge in [-0.15, -0.1) is 12.4 Å². The molecule has 0 aromatic carbocycles. The van der Waals surface area contributed by atoms with Gasteiger partial charge in [-0.25, -0.2) is 0 Å². The summed E-state index contributed by atoms with van der Waals surface area (Å²) in [7, 11) is 0. The van der Waals surface area contributed by atoms with Gasteiger partial charge in [0.15, 0.2) is 0 Å². The van der Waals surface area contributed by atoms with Gasteiger partial charge in [0, 0.05) is 18.3 Å². The molecule has 1 aromatic heterocycles. The quantitative estimate of drug-likeness (QED) is 0.811. The minimum absolute atomic E-state index is 0. The van der Waals surface area contributed by atoms with Crippen LogP contribution in [0, 0.1) is 0 Å². The molecule has 6 heteroatoms. The van der Waals surface area contributed by atoms with E-state index >= 15 is 0 Å². The van der Waals surface area contributed by atoms with E-state index in [2.05, 4.69) is 10.4 Å². The Morgan fingerprint density at radius 2 is 1.79 bits per heavy atom. The lowest BCUT2D eigenvalue weighted by Gasteiger charge is -2.28. The lowest BCUT2D eigenvalue weighted by Crippen LogP contribution is -2.49. The van der Waals surface area contributed by atoms with Crippen LogP contribution in [0.15, 0.2) is 12.3 Å². The lowest BCUT2D eigenvalue weighted by atomic mass is 9.91. The first-order valence-electron chi connectivity index (χ1n) is 9.29. The summed E-state index contributed by atoms with van der Waals surface area (Å²) in [6.45, 7) is 0.558. The van der Waals surface area contributed by atoms with Crippen LogP contribution in [0.3, 0.4) is 0 Å². The minimum atomic E-state index is -0.238. The fraction of sp³-hybridized carbons (Fsp3) is 0.778. The summed E-state index contributed by atoms with van der Waals surface area (Å²) < 4.78 is 1.98. The molecule has 2 fully saturated rings. The van der Waals surface area contributed by atoms with Gasteiger partial charge in [0.1, 0.15) is 5.69 Å². The van der Waals surface area contributed by atoms with E-state index in [0.717, 1.165) is 12.8 Å². The second kappa shape index (κ2) is 8.86. The monoisotopic (exact) mass is 354 g/mol. The Morgan fingerprint density at radius 1 is 1.17 bits per heavy atom. The Hall–Kier alpha value is -1.07. The highest BCUT2D eigenvalue weighted by Crippen LogP contribution is 2.27. The highest BCUT2D eigenvalue weighted by Gasteiger charge is 2.27. The van der Waals surface area contributed by atoms with E-state index < -0.39 is 0 Å². The van der Waals surface area contributed by atoms with Gasteiger partial charge < -0.3 is 11.1 Å². The number of carbonyl (C=O) groups is 1. The molecule has 0 bridgehead atoms. The first-order chi connectivity index (χ1) is 11.2. The van der Waals surface area contributed by atoms with E-state index in [1.807, 2.05) is 16.9 Å². The van der Waals surface area contributed by atoms with Crippen LogP contribution >= 0.6 is 12.4 Å². The zero-order valence-electron chi connectivity index (χ0n) is 14.5. The largest absolute Gasteiger partial charge is 0.349 e. The number of nitrogens with one attached hydrogen (secondary N) is 1. The van der Waals surface area contributed by atoms with Gasteiger partial charge in [-0.2, -0.15) is 5.10 Å². The van der Waals surface area contributed by atoms with Gasteiger partial charge in [0.05, 0.1) is 6.04 Å². The van der Waals surface area contributed by atoms with Crippen LogP contribution in [0.4, 0.5) is 0 Å². The third-order valence-electron chi connectivity index (χ3n) is 5.49. The van der Waals surface area contributed by atoms with Crippen molar-refractivity contribution in [3.05, 3.63) is 18.0 Å². The second-order valence-electron chi connectivity index (χ2n) is 7.43. The molecule has 0 saturated heterocycles. The van der Waals surface area contributed by atoms with E-state index in [1.54, 1.807) is 0 Å². The van der Waals surface area contributed by atoms with Gasteiger partial charge in [-0.3, -0.25) is 9.48 Å². The zero-order valence-corrected chi connectivity index (χ0v) is 15.3. The van der Waals surface area contributed by atoms with E-state index in [-0.39, 0.29) is 23.9 Å². The number of rotatable bonds is 4. The molecule has 1 amide bonds. The number of hydrogen-bond acceptors (Lipinski definition) is 3.